The number of allylic oxidation sites excluding steroid dienone is 1. The SMILES string of the molecule is CC[C@@H]1SC2=NC(C)=C(C(=O)OC(C)C)[C@@H](c3ccc(Br)cc3)N2C1=O. The van der Waals surface area contributed by atoms with E-state index in [0.29, 0.717) is 16.4 Å². The number of aliphatic imine (C=N–C) groups is 1. The van der Waals surface area contributed by atoms with Crippen LogP contribution < -0.4 is 0 Å². The van der Waals surface area contributed by atoms with Gasteiger partial charge >= 0.3 is 5.97 Å². The van der Waals surface area contributed by atoms with Crippen molar-refractivity contribution in [3.05, 3.63) is 45.6 Å². The first-order valence-corrected chi connectivity index (χ1v) is 10.3. The van der Waals surface area contributed by atoms with Gasteiger partial charge in [0.25, 0.3) is 0 Å². The van der Waals surface area contributed by atoms with Gasteiger partial charge in [-0.25, -0.2) is 9.79 Å². The van der Waals surface area contributed by atoms with Gasteiger partial charge in [-0.2, -0.15) is 0 Å². The number of amidine groups is 1. The van der Waals surface area contributed by atoms with Crippen LogP contribution in [-0.4, -0.2) is 33.3 Å². The second kappa shape index (κ2) is 7.56. The highest BCUT2D eigenvalue weighted by molar-refractivity contribution is 9.10. The molecule has 0 radical (unpaired) electrons. The van der Waals surface area contributed by atoms with Gasteiger partial charge in [0.15, 0.2) is 5.17 Å². The molecule has 2 aliphatic rings. The summed E-state index contributed by atoms with van der Waals surface area (Å²) >= 11 is 4.90. The molecule has 0 saturated carbocycles. The maximum absolute atomic E-state index is 13.0. The monoisotopic (exact) mass is 436 g/mol. The predicted octanol–water partition coefficient (Wildman–Crippen LogP) is 4.44. The van der Waals surface area contributed by atoms with Crippen LogP contribution in [0, 0.1) is 0 Å². The number of ether oxygens (including phenoxy) is 1. The van der Waals surface area contributed by atoms with E-state index in [-0.39, 0.29) is 17.3 Å². The molecule has 0 aromatic heterocycles. The average molecular weight is 437 g/mol. The Balaban J connectivity index is 2.12. The van der Waals surface area contributed by atoms with Gasteiger partial charge in [-0.15, -0.1) is 0 Å². The van der Waals surface area contributed by atoms with E-state index >= 15 is 0 Å². The lowest BCUT2D eigenvalue weighted by Crippen LogP contribution is -2.41. The van der Waals surface area contributed by atoms with E-state index in [1.165, 1.54) is 11.8 Å². The van der Waals surface area contributed by atoms with E-state index in [1.807, 2.05) is 45.0 Å². The first-order chi connectivity index (χ1) is 12.3. The summed E-state index contributed by atoms with van der Waals surface area (Å²) in [7, 11) is 0. The first-order valence-electron chi connectivity index (χ1n) is 8.59. The van der Waals surface area contributed by atoms with E-state index in [0.717, 1.165) is 16.5 Å². The molecular formula is C19H21BrN2O3S. The lowest BCUT2D eigenvalue weighted by molar-refractivity contribution is -0.143. The van der Waals surface area contributed by atoms with Crippen LogP contribution in [0.3, 0.4) is 0 Å². The fraction of sp³-hybridized carbons (Fsp3) is 0.421. The average Bonchev–Trinajstić information content (AvgIpc) is 2.89. The zero-order valence-corrected chi connectivity index (χ0v) is 17.6. The molecule has 1 saturated heterocycles. The number of fused-ring (bicyclic) bond motifs is 1. The van der Waals surface area contributed by atoms with E-state index in [9.17, 15) is 9.59 Å². The minimum atomic E-state index is -0.515. The summed E-state index contributed by atoms with van der Waals surface area (Å²) in [5.41, 5.74) is 1.89. The Kier molecular flexibility index (Phi) is 5.58. The molecule has 7 heteroatoms. The summed E-state index contributed by atoms with van der Waals surface area (Å²) in [6, 6.07) is 7.15. The Morgan fingerprint density at radius 3 is 2.58 bits per heavy atom. The number of hydrogen-bond acceptors (Lipinski definition) is 5. The van der Waals surface area contributed by atoms with Crippen LogP contribution in [0.4, 0.5) is 0 Å². The van der Waals surface area contributed by atoms with Crippen LogP contribution in [0.2, 0.25) is 0 Å². The molecule has 3 rings (SSSR count). The Hall–Kier alpha value is -1.60. The maximum Gasteiger partial charge on any atom is 0.338 e. The van der Waals surface area contributed by atoms with Crippen molar-refractivity contribution in [2.75, 3.05) is 0 Å². The Morgan fingerprint density at radius 1 is 1.35 bits per heavy atom. The van der Waals surface area contributed by atoms with Gasteiger partial charge in [-0.1, -0.05) is 46.7 Å². The molecule has 2 heterocycles. The number of nitrogens with zero attached hydrogens (tertiary/aromatic N) is 2. The molecule has 1 amide bonds. The van der Waals surface area contributed by atoms with Crippen molar-refractivity contribution in [1.29, 1.82) is 0 Å². The molecule has 0 unspecified atom stereocenters. The summed E-state index contributed by atoms with van der Waals surface area (Å²) in [6.07, 6.45) is 0.475. The van der Waals surface area contributed by atoms with Gasteiger partial charge in [0, 0.05) is 4.47 Å². The number of thioether (sulfide) groups is 1. The molecule has 0 N–H and O–H groups in total. The quantitative estimate of drug-likeness (QED) is 0.654. The van der Waals surface area contributed by atoms with Crippen LogP contribution in [0.15, 0.2) is 45.0 Å². The molecule has 0 spiro atoms. The number of rotatable bonds is 4. The molecule has 1 aromatic carbocycles. The van der Waals surface area contributed by atoms with Crippen molar-refractivity contribution in [3.63, 3.8) is 0 Å². The summed E-state index contributed by atoms with van der Waals surface area (Å²) in [4.78, 5) is 32.0. The summed E-state index contributed by atoms with van der Waals surface area (Å²) in [5.74, 6) is -0.433. The van der Waals surface area contributed by atoms with Crippen molar-refractivity contribution in [2.24, 2.45) is 4.99 Å². The van der Waals surface area contributed by atoms with Crippen LogP contribution in [0.1, 0.15) is 45.7 Å². The number of amides is 1. The topological polar surface area (TPSA) is 59.0 Å². The van der Waals surface area contributed by atoms with Crippen LogP contribution in [-0.2, 0) is 14.3 Å². The van der Waals surface area contributed by atoms with Crippen molar-refractivity contribution < 1.29 is 14.3 Å². The molecule has 1 aromatic rings. The van der Waals surface area contributed by atoms with Gasteiger partial charge < -0.3 is 4.74 Å². The molecule has 5 nitrogen and oxygen atoms in total. The van der Waals surface area contributed by atoms with Crippen molar-refractivity contribution >= 4 is 44.7 Å². The predicted molar refractivity (Wildman–Crippen MR) is 107 cm³/mol. The summed E-state index contributed by atoms with van der Waals surface area (Å²) < 4.78 is 6.39. The number of halogens is 1. The molecular weight excluding hydrogens is 416 g/mol. The highest BCUT2D eigenvalue weighted by atomic mass is 79.9. The van der Waals surface area contributed by atoms with Crippen molar-refractivity contribution in [1.82, 2.24) is 4.90 Å². The number of benzene rings is 1. The number of carbonyl (C=O) groups excluding carboxylic acids is 2. The van der Waals surface area contributed by atoms with Gasteiger partial charge in [-0.3, -0.25) is 9.69 Å². The lowest BCUT2D eigenvalue weighted by atomic mass is 9.94. The number of esters is 1. The first kappa shape index (κ1) is 19.2. The normalized spacial score (nSPS) is 22.6. The van der Waals surface area contributed by atoms with Crippen LogP contribution in [0.5, 0.6) is 0 Å². The molecule has 0 bridgehead atoms. The second-order valence-corrected chi connectivity index (χ2v) is 8.61. The van der Waals surface area contributed by atoms with Gasteiger partial charge in [0.05, 0.1) is 28.7 Å². The lowest BCUT2D eigenvalue weighted by Gasteiger charge is -2.33. The van der Waals surface area contributed by atoms with Crippen molar-refractivity contribution in [2.45, 2.75) is 51.5 Å². The van der Waals surface area contributed by atoms with Gasteiger partial charge in [-0.05, 0) is 44.9 Å². The Morgan fingerprint density at radius 2 is 2.00 bits per heavy atom. The molecule has 26 heavy (non-hydrogen) atoms. The third kappa shape index (κ3) is 3.47. The molecule has 138 valence electrons. The van der Waals surface area contributed by atoms with E-state index in [1.54, 1.807) is 11.8 Å². The van der Waals surface area contributed by atoms with Gasteiger partial charge in [0.2, 0.25) is 5.91 Å². The molecule has 0 aliphatic carbocycles. The standard InChI is InChI=1S/C19H21BrN2O3S/c1-5-14-17(23)22-16(12-6-8-13(20)9-7-12)15(18(24)25-10(2)3)11(4)21-19(22)26-14/h6-10,14,16H,5H2,1-4H3/t14-,16+/m0/s1. The Bertz CT molecular complexity index is 802. The zero-order valence-electron chi connectivity index (χ0n) is 15.2. The highest BCUT2D eigenvalue weighted by Crippen LogP contribution is 2.44. The maximum atomic E-state index is 13.0. The Labute approximate surface area is 166 Å². The smallest absolute Gasteiger partial charge is 0.338 e. The zero-order chi connectivity index (χ0) is 19.0. The van der Waals surface area contributed by atoms with E-state index < -0.39 is 12.0 Å². The van der Waals surface area contributed by atoms with Crippen LogP contribution in [0.25, 0.3) is 0 Å². The highest BCUT2D eigenvalue weighted by Gasteiger charge is 2.47. The van der Waals surface area contributed by atoms with Gasteiger partial charge in [0.1, 0.15) is 0 Å². The largest absolute Gasteiger partial charge is 0.459 e. The summed E-state index contributed by atoms with van der Waals surface area (Å²) in [5, 5.41) is 0.494. The third-order valence-electron chi connectivity index (χ3n) is 4.27. The van der Waals surface area contributed by atoms with E-state index in [2.05, 4.69) is 20.9 Å². The van der Waals surface area contributed by atoms with Crippen molar-refractivity contribution in [3.8, 4) is 0 Å². The fourth-order valence-corrected chi connectivity index (χ4v) is 4.49. The summed E-state index contributed by atoms with van der Waals surface area (Å²) in [6.45, 7) is 7.41. The molecule has 2 atom stereocenters. The molecule has 2 aliphatic heterocycles. The molecule has 1 fully saturated rings. The van der Waals surface area contributed by atoms with E-state index in [4.69, 9.17) is 4.74 Å². The van der Waals surface area contributed by atoms with Crippen LogP contribution >= 0.6 is 27.7 Å². The fourth-order valence-electron chi connectivity index (χ4n) is 3.09. The minimum Gasteiger partial charge on any atom is -0.459 e. The number of carbonyl (C=O) groups is 2. The second-order valence-electron chi connectivity index (χ2n) is 6.52. The third-order valence-corrected chi connectivity index (χ3v) is 6.12. The minimum absolute atomic E-state index is 0.00786. The number of hydrogen-bond donors (Lipinski definition) is 0.